The molecule has 3 amide bonds. The van der Waals surface area contributed by atoms with Gasteiger partial charge in [-0.2, -0.15) is 0 Å². The zero-order chi connectivity index (χ0) is 29.2. The van der Waals surface area contributed by atoms with Gasteiger partial charge in [0.1, 0.15) is 10.7 Å². The van der Waals surface area contributed by atoms with Crippen molar-refractivity contribution in [3.8, 4) is 0 Å². The Hall–Kier alpha value is -2.47. The fraction of sp³-hybridized carbons (Fsp3) is 0.600. The predicted octanol–water partition coefficient (Wildman–Crippen LogP) is 4.84. The Kier molecular flexibility index (Phi) is 9.18. The van der Waals surface area contributed by atoms with E-state index in [9.17, 15) is 14.4 Å². The molecule has 3 unspecified atom stereocenters. The number of nitrogens with zero attached hydrogens (tertiary/aromatic N) is 3. The zero-order valence-electron chi connectivity index (χ0n) is 23.8. The highest BCUT2D eigenvalue weighted by molar-refractivity contribution is 7.73. The standard InChI is InChI=1S/C30H39ClN6O3S2/c31-20-5-3-8-22(18-20)36-15-13-35(14-16-36)12-4-11-32-27(38)19-9-10-23-24(17-19)37-26(34-28(23)39)25(42-30(37)41)29(40)33-21-6-1-2-7-21/h3,5,8,18-19,21,23-24H,1-2,4,6-7,9-17H2,(H,32,38)(H,33,40)(H,34,39). The lowest BCUT2D eigenvalue weighted by atomic mass is 9.76. The van der Waals surface area contributed by atoms with Gasteiger partial charge in [0, 0.05) is 61.4 Å². The minimum absolute atomic E-state index is 0.0488. The third-order valence-corrected chi connectivity index (χ3v) is 11.0. The van der Waals surface area contributed by atoms with Gasteiger partial charge in [-0.25, -0.2) is 0 Å². The number of halogens is 1. The van der Waals surface area contributed by atoms with Crippen LogP contribution in [0, 0.1) is 15.8 Å². The number of hydrogen-bond acceptors (Lipinski definition) is 7. The van der Waals surface area contributed by atoms with E-state index >= 15 is 0 Å². The molecule has 2 aliphatic heterocycles. The Morgan fingerprint density at radius 2 is 1.88 bits per heavy atom. The van der Waals surface area contributed by atoms with E-state index in [1.54, 1.807) is 0 Å². The smallest absolute Gasteiger partial charge is 0.265 e. The van der Waals surface area contributed by atoms with E-state index in [1.807, 2.05) is 22.8 Å². The van der Waals surface area contributed by atoms with Crippen molar-refractivity contribution in [1.29, 1.82) is 0 Å². The molecule has 1 aromatic carbocycles. The Morgan fingerprint density at radius 3 is 2.64 bits per heavy atom. The van der Waals surface area contributed by atoms with Gasteiger partial charge in [-0.15, -0.1) is 0 Å². The second kappa shape index (κ2) is 13.0. The fourth-order valence-electron chi connectivity index (χ4n) is 7.03. The highest BCUT2D eigenvalue weighted by Gasteiger charge is 2.44. The summed E-state index contributed by atoms with van der Waals surface area (Å²) in [7, 11) is 0. The van der Waals surface area contributed by atoms with Crippen LogP contribution in [-0.2, 0) is 9.59 Å². The number of aromatic nitrogens is 1. The molecule has 3 heterocycles. The van der Waals surface area contributed by atoms with E-state index in [0.717, 1.165) is 69.9 Å². The van der Waals surface area contributed by atoms with Gasteiger partial charge in [0.05, 0.1) is 5.92 Å². The molecule has 0 radical (unpaired) electrons. The second-order valence-corrected chi connectivity index (χ2v) is 14.1. The lowest BCUT2D eigenvalue weighted by molar-refractivity contribution is -0.130. The monoisotopic (exact) mass is 630 g/mol. The summed E-state index contributed by atoms with van der Waals surface area (Å²) in [4.78, 5) is 44.6. The van der Waals surface area contributed by atoms with Crippen LogP contribution in [0.5, 0.6) is 0 Å². The van der Waals surface area contributed by atoms with E-state index in [4.69, 9.17) is 23.8 Å². The van der Waals surface area contributed by atoms with E-state index in [2.05, 4.69) is 31.8 Å². The Balaban J connectivity index is 0.997. The number of piperazine rings is 1. The van der Waals surface area contributed by atoms with E-state index in [1.165, 1.54) is 17.0 Å². The highest BCUT2D eigenvalue weighted by Crippen LogP contribution is 2.45. The first-order valence-electron chi connectivity index (χ1n) is 15.2. The predicted molar refractivity (Wildman–Crippen MR) is 169 cm³/mol. The molecule has 42 heavy (non-hydrogen) atoms. The Morgan fingerprint density at radius 1 is 1.10 bits per heavy atom. The normalized spacial score (nSPS) is 24.5. The van der Waals surface area contributed by atoms with Gasteiger partial charge >= 0.3 is 0 Å². The van der Waals surface area contributed by atoms with E-state index < -0.39 is 0 Å². The molecule has 9 nitrogen and oxygen atoms in total. The van der Waals surface area contributed by atoms with Crippen molar-refractivity contribution >= 4 is 64.4 Å². The number of thiazole rings is 1. The average Bonchev–Trinajstić information content (AvgIpc) is 3.62. The van der Waals surface area contributed by atoms with Crippen molar-refractivity contribution in [2.45, 2.75) is 63.5 Å². The maximum atomic E-state index is 13.2. The van der Waals surface area contributed by atoms with Gasteiger partial charge in [0.2, 0.25) is 11.8 Å². The minimum atomic E-state index is -0.237. The summed E-state index contributed by atoms with van der Waals surface area (Å²) in [6.07, 6.45) is 6.98. The number of hydrogen-bond donors (Lipinski definition) is 3. The molecule has 1 aromatic heterocycles. The van der Waals surface area contributed by atoms with Crippen LogP contribution in [0.2, 0.25) is 5.02 Å². The van der Waals surface area contributed by atoms with Crippen molar-refractivity contribution in [2.24, 2.45) is 11.8 Å². The molecule has 2 saturated carbocycles. The number of carbonyl (C=O) groups excluding carboxylic acids is 3. The maximum Gasteiger partial charge on any atom is 0.265 e. The highest BCUT2D eigenvalue weighted by atomic mass is 35.5. The first kappa shape index (κ1) is 29.6. The van der Waals surface area contributed by atoms with Crippen molar-refractivity contribution in [3.63, 3.8) is 0 Å². The minimum Gasteiger partial charge on any atom is -0.369 e. The summed E-state index contributed by atoms with van der Waals surface area (Å²) in [5, 5.41) is 10.0. The molecule has 6 rings (SSSR count). The van der Waals surface area contributed by atoms with Gasteiger partial charge in [0.25, 0.3) is 5.91 Å². The molecule has 4 aliphatic rings. The van der Waals surface area contributed by atoms with Gasteiger partial charge in [-0.05, 0) is 75.5 Å². The maximum absolute atomic E-state index is 13.2. The molecule has 2 aromatic rings. The number of nitrogens with one attached hydrogen (secondary N) is 3. The largest absolute Gasteiger partial charge is 0.369 e. The van der Waals surface area contributed by atoms with Gasteiger partial charge in [-0.3, -0.25) is 19.3 Å². The quantitative estimate of drug-likeness (QED) is 0.285. The van der Waals surface area contributed by atoms with Gasteiger partial charge in [0.15, 0.2) is 3.95 Å². The first-order chi connectivity index (χ1) is 20.4. The van der Waals surface area contributed by atoms with Crippen molar-refractivity contribution < 1.29 is 14.4 Å². The third-order valence-electron chi connectivity index (χ3n) is 9.33. The molecule has 226 valence electrons. The summed E-state index contributed by atoms with van der Waals surface area (Å²) < 4.78 is 2.52. The summed E-state index contributed by atoms with van der Waals surface area (Å²) >= 11 is 13.1. The number of benzene rings is 1. The lowest BCUT2D eigenvalue weighted by Crippen LogP contribution is -2.47. The number of fused-ring (bicyclic) bond motifs is 3. The Labute approximate surface area is 261 Å². The molecule has 3 atom stereocenters. The number of amides is 3. The van der Waals surface area contributed by atoms with Crippen LogP contribution in [-0.4, -0.2) is 72.5 Å². The topological polar surface area (TPSA) is 98.7 Å². The van der Waals surface area contributed by atoms with Crippen LogP contribution in [0.25, 0.3) is 0 Å². The summed E-state index contributed by atoms with van der Waals surface area (Å²) in [6, 6.07) is 7.98. The average molecular weight is 631 g/mol. The van der Waals surface area contributed by atoms with Crippen molar-refractivity contribution in [3.05, 3.63) is 38.1 Å². The molecule has 3 N–H and O–H groups in total. The molecule has 0 spiro atoms. The molecule has 0 bridgehead atoms. The number of anilines is 2. The summed E-state index contributed by atoms with van der Waals surface area (Å²) in [5.41, 5.74) is 1.17. The van der Waals surface area contributed by atoms with Gasteiger partial charge in [-0.1, -0.05) is 41.8 Å². The van der Waals surface area contributed by atoms with E-state index in [0.29, 0.717) is 40.5 Å². The van der Waals surface area contributed by atoms with Crippen molar-refractivity contribution in [1.82, 2.24) is 20.1 Å². The van der Waals surface area contributed by atoms with Crippen LogP contribution >= 0.6 is 35.2 Å². The third kappa shape index (κ3) is 6.39. The van der Waals surface area contributed by atoms with E-state index in [-0.39, 0.29) is 41.6 Å². The molecule has 1 saturated heterocycles. The number of carbonyl (C=O) groups is 3. The second-order valence-electron chi connectivity index (χ2n) is 12.0. The van der Waals surface area contributed by atoms with Crippen LogP contribution < -0.4 is 20.9 Å². The molecule has 12 heteroatoms. The molecule has 2 aliphatic carbocycles. The SMILES string of the molecule is O=C(NC1CCCC1)c1sc(=S)n2c1NC(=O)C1CCC(C(=O)NCCCN3CCN(c4cccc(Cl)c4)CC3)CC12. The summed E-state index contributed by atoms with van der Waals surface area (Å²) in [6.45, 7) is 5.46. The van der Waals surface area contributed by atoms with Crippen molar-refractivity contribution in [2.75, 3.05) is 49.5 Å². The van der Waals surface area contributed by atoms with Crippen LogP contribution in [0.4, 0.5) is 11.5 Å². The Bertz CT molecular complexity index is 1380. The fourth-order valence-corrected chi connectivity index (χ4v) is 8.58. The first-order valence-corrected chi connectivity index (χ1v) is 16.9. The molecular formula is C30H39ClN6O3S2. The zero-order valence-corrected chi connectivity index (χ0v) is 26.2. The van der Waals surface area contributed by atoms with Gasteiger partial charge < -0.3 is 25.4 Å². The summed E-state index contributed by atoms with van der Waals surface area (Å²) in [5.74, 6) is -0.0996. The molecule has 3 fully saturated rings. The van der Waals surface area contributed by atoms with Crippen LogP contribution in [0.3, 0.4) is 0 Å². The lowest BCUT2D eigenvalue weighted by Gasteiger charge is -2.39. The number of rotatable bonds is 8. The van der Waals surface area contributed by atoms with Crippen LogP contribution in [0.15, 0.2) is 24.3 Å². The molecular weight excluding hydrogens is 592 g/mol. The van der Waals surface area contributed by atoms with Crippen LogP contribution in [0.1, 0.15) is 67.1 Å².